The van der Waals surface area contributed by atoms with Crippen LogP contribution in [0.5, 0.6) is 0 Å². The quantitative estimate of drug-likeness (QED) is 0.410. The minimum absolute atomic E-state index is 0.0966. The Kier molecular flexibility index (Phi) is 3.85. The third-order valence-corrected chi connectivity index (χ3v) is 2.02. The fourth-order valence-corrected chi connectivity index (χ4v) is 1.32. The fraction of sp³-hybridized carbons (Fsp3) is 0.700. The second-order valence-electron chi connectivity index (χ2n) is 3.26. The molecule has 0 fully saturated rings. The van der Waals surface area contributed by atoms with Crippen LogP contribution in [-0.4, -0.2) is 12.1 Å². The first-order valence-electron chi connectivity index (χ1n) is 4.63. The SMILES string of the molecule is C[C@@H]1CCCC/C=C\CC(=O)O1. The molecule has 0 saturated carbocycles. The summed E-state index contributed by atoms with van der Waals surface area (Å²) < 4.78 is 5.14. The second-order valence-corrected chi connectivity index (χ2v) is 3.26. The van der Waals surface area contributed by atoms with Crippen LogP contribution in [0.1, 0.15) is 39.0 Å². The largest absolute Gasteiger partial charge is 0.462 e. The molecule has 0 N–H and O–H groups in total. The van der Waals surface area contributed by atoms with Gasteiger partial charge in [0.25, 0.3) is 0 Å². The Morgan fingerprint density at radius 3 is 3.08 bits per heavy atom. The van der Waals surface area contributed by atoms with Crippen molar-refractivity contribution in [3.63, 3.8) is 0 Å². The third-order valence-electron chi connectivity index (χ3n) is 2.02. The Morgan fingerprint density at radius 2 is 2.25 bits per heavy atom. The minimum atomic E-state index is -0.0966. The van der Waals surface area contributed by atoms with E-state index >= 15 is 0 Å². The summed E-state index contributed by atoms with van der Waals surface area (Å²) >= 11 is 0. The molecule has 1 heterocycles. The standard InChI is InChI=1S/C10H16O2/c1-9-7-5-3-2-4-6-8-10(11)12-9/h4,6,9H,2-3,5,7-8H2,1H3/b6-4-/t9-/m1/s1. The number of carbonyl (C=O) groups is 1. The van der Waals surface area contributed by atoms with E-state index in [0.717, 1.165) is 19.3 Å². The van der Waals surface area contributed by atoms with Crippen LogP contribution in [-0.2, 0) is 9.53 Å². The Labute approximate surface area is 73.6 Å². The summed E-state index contributed by atoms with van der Waals surface area (Å²) in [5, 5.41) is 0. The number of esters is 1. The maximum Gasteiger partial charge on any atom is 0.309 e. The first kappa shape index (κ1) is 9.30. The highest BCUT2D eigenvalue weighted by Gasteiger charge is 2.08. The first-order valence-corrected chi connectivity index (χ1v) is 4.63. The van der Waals surface area contributed by atoms with Gasteiger partial charge in [-0.3, -0.25) is 4.79 Å². The number of hydrogen-bond acceptors (Lipinski definition) is 2. The predicted octanol–water partition coefficient (Wildman–Crippen LogP) is 2.44. The van der Waals surface area contributed by atoms with E-state index in [9.17, 15) is 4.79 Å². The topological polar surface area (TPSA) is 26.3 Å². The lowest BCUT2D eigenvalue weighted by molar-refractivity contribution is -0.147. The van der Waals surface area contributed by atoms with Gasteiger partial charge in [0.2, 0.25) is 0 Å². The summed E-state index contributed by atoms with van der Waals surface area (Å²) in [5.74, 6) is -0.0966. The molecule has 0 aromatic rings. The first-order chi connectivity index (χ1) is 5.79. The normalized spacial score (nSPS) is 29.1. The summed E-state index contributed by atoms with van der Waals surface area (Å²) in [7, 11) is 0. The van der Waals surface area contributed by atoms with Crippen LogP contribution in [0.4, 0.5) is 0 Å². The van der Waals surface area contributed by atoms with E-state index in [1.165, 1.54) is 6.42 Å². The van der Waals surface area contributed by atoms with Gasteiger partial charge in [-0.05, 0) is 32.6 Å². The van der Waals surface area contributed by atoms with Crippen molar-refractivity contribution in [2.75, 3.05) is 0 Å². The van der Waals surface area contributed by atoms with Gasteiger partial charge in [-0.15, -0.1) is 0 Å². The molecule has 2 heteroatoms. The number of cyclic esters (lactones) is 1. The lowest BCUT2D eigenvalue weighted by Gasteiger charge is -2.12. The van der Waals surface area contributed by atoms with E-state index in [-0.39, 0.29) is 12.1 Å². The molecule has 0 radical (unpaired) electrons. The summed E-state index contributed by atoms with van der Waals surface area (Å²) in [6.07, 6.45) is 8.96. The van der Waals surface area contributed by atoms with Crippen LogP contribution in [0.2, 0.25) is 0 Å². The van der Waals surface area contributed by atoms with Crippen molar-refractivity contribution in [3.05, 3.63) is 12.2 Å². The smallest absolute Gasteiger partial charge is 0.309 e. The summed E-state index contributed by atoms with van der Waals surface area (Å²) in [6, 6.07) is 0. The molecule has 0 bridgehead atoms. The molecule has 0 aromatic heterocycles. The van der Waals surface area contributed by atoms with Crippen LogP contribution in [0.25, 0.3) is 0 Å². The second kappa shape index (κ2) is 4.96. The molecule has 1 rings (SSSR count). The van der Waals surface area contributed by atoms with Crippen molar-refractivity contribution in [2.45, 2.75) is 45.1 Å². The molecule has 68 valence electrons. The van der Waals surface area contributed by atoms with Crippen LogP contribution in [0, 0.1) is 0 Å². The number of ether oxygens (including phenoxy) is 1. The molecule has 0 aliphatic carbocycles. The Hall–Kier alpha value is -0.790. The maximum atomic E-state index is 11.0. The fourth-order valence-electron chi connectivity index (χ4n) is 1.32. The molecular formula is C10H16O2. The molecule has 0 unspecified atom stereocenters. The van der Waals surface area contributed by atoms with Gasteiger partial charge in [0.05, 0.1) is 12.5 Å². The Bertz CT molecular complexity index is 173. The van der Waals surface area contributed by atoms with Crippen molar-refractivity contribution in [2.24, 2.45) is 0 Å². The Balaban J connectivity index is 2.41. The highest BCUT2D eigenvalue weighted by atomic mass is 16.5. The number of hydrogen-bond donors (Lipinski definition) is 0. The predicted molar refractivity (Wildman–Crippen MR) is 47.8 cm³/mol. The Morgan fingerprint density at radius 1 is 1.42 bits per heavy atom. The van der Waals surface area contributed by atoms with E-state index < -0.39 is 0 Å². The van der Waals surface area contributed by atoms with Gasteiger partial charge in [0, 0.05) is 0 Å². The van der Waals surface area contributed by atoms with Gasteiger partial charge in [-0.1, -0.05) is 12.2 Å². The highest BCUT2D eigenvalue weighted by molar-refractivity contribution is 5.71. The summed E-state index contributed by atoms with van der Waals surface area (Å²) in [4.78, 5) is 11.0. The monoisotopic (exact) mass is 168 g/mol. The van der Waals surface area contributed by atoms with E-state index in [2.05, 4.69) is 6.08 Å². The van der Waals surface area contributed by atoms with Crippen LogP contribution < -0.4 is 0 Å². The van der Waals surface area contributed by atoms with Gasteiger partial charge >= 0.3 is 5.97 Å². The zero-order chi connectivity index (χ0) is 8.81. The van der Waals surface area contributed by atoms with Crippen molar-refractivity contribution < 1.29 is 9.53 Å². The number of carbonyl (C=O) groups excluding carboxylic acids is 1. The van der Waals surface area contributed by atoms with E-state index in [1.807, 2.05) is 13.0 Å². The summed E-state index contributed by atoms with van der Waals surface area (Å²) in [5.41, 5.74) is 0. The molecule has 0 amide bonds. The van der Waals surface area contributed by atoms with Crippen LogP contribution in [0.15, 0.2) is 12.2 Å². The van der Waals surface area contributed by atoms with Crippen LogP contribution in [0.3, 0.4) is 0 Å². The van der Waals surface area contributed by atoms with E-state index in [1.54, 1.807) is 0 Å². The zero-order valence-corrected chi connectivity index (χ0v) is 7.58. The molecule has 2 nitrogen and oxygen atoms in total. The number of allylic oxidation sites excluding steroid dienone is 1. The molecule has 1 atom stereocenters. The van der Waals surface area contributed by atoms with Crippen molar-refractivity contribution in [1.82, 2.24) is 0 Å². The van der Waals surface area contributed by atoms with Gasteiger partial charge < -0.3 is 4.74 Å². The highest BCUT2D eigenvalue weighted by Crippen LogP contribution is 2.10. The molecule has 1 aliphatic rings. The van der Waals surface area contributed by atoms with Crippen molar-refractivity contribution in [1.29, 1.82) is 0 Å². The molecule has 1 aliphatic heterocycles. The average Bonchev–Trinajstić information content (AvgIpc) is 2.02. The maximum absolute atomic E-state index is 11.0. The molecule has 12 heavy (non-hydrogen) atoms. The third kappa shape index (κ3) is 3.56. The van der Waals surface area contributed by atoms with Gasteiger partial charge in [0.15, 0.2) is 0 Å². The van der Waals surface area contributed by atoms with Crippen LogP contribution >= 0.6 is 0 Å². The van der Waals surface area contributed by atoms with Gasteiger partial charge in [-0.2, -0.15) is 0 Å². The van der Waals surface area contributed by atoms with Crippen molar-refractivity contribution >= 4 is 5.97 Å². The lowest BCUT2D eigenvalue weighted by atomic mass is 10.1. The minimum Gasteiger partial charge on any atom is -0.462 e. The van der Waals surface area contributed by atoms with E-state index in [4.69, 9.17) is 4.74 Å². The number of rotatable bonds is 0. The van der Waals surface area contributed by atoms with Gasteiger partial charge in [0.1, 0.15) is 0 Å². The van der Waals surface area contributed by atoms with Crippen molar-refractivity contribution in [3.8, 4) is 0 Å². The molecular weight excluding hydrogens is 152 g/mol. The molecule has 0 saturated heterocycles. The average molecular weight is 168 g/mol. The molecule has 0 aromatic carbocycles. The lowest BCUT2D eigenvalue weighted by Crippen LogP contribution is -2.14. The van der Waals surface area contributed by atoms with E-state index in [0.29, 0.717) is 6.42 Å². The van der Waals surface area contributed by atoms with Gasteiger partial charge in [-0.25, -0.2) is 0 Å². The zero-order valence-electron chi connectivity index (χ0n) is 7.58. The molecule has 0 spiro atoms. The summed E-state index contributed by atoms with van der Waals surface area (Å²) in [6.45, 7) is 1.96.